The van der Waals surface area contributed by atoms with Crippen molar-refractivity contribution in [1.82, 2.24) is 5.32 Å². The number of benzene rings is 1. The number of nitrogens with one attached hydrogen (secondary N) is 1. The van der Waals surface area contributed by atoms with Crippen molar-refractivity contribution >= 4 is 17.7 Å². The minimum absolute atomic E-state index is 0.00697. The third-order valence-electron chi connectivity index (χ3n) is 3.03. The van der Waals surface area contributed by atoms with Crippen molar-refractivity contribution in [3.8, 4) is 0 Å². The van der Waals surface area contributed by atoms with E-state index in [9.17, 15) is 14.9 Å². The summed E-state index contributed by atoms with van der Waals surface area (Å²) in [5.74, 6) is -0.205. The van der Waals surface area contributed by atoms with E-state index in [0.717, 1.165) is 12.8 Å². The molecule has 0 spiro atoms. The molecular formula is C13H15N3O3. The maximum Gasteiger partial charge on any atom is 0.270 e. The highest BCUT2D eigenvalue weighted by atomic mass is 16.6. The van der Waals surface area contributed by atoms with E-state index in [0.29, 0.717) is 5.56 Å². The van der Waals surface area contributed by atoms with Gasteiger partial charge < -0.3 is 11.1 Å². The first kappa shape index (κ1) is 13.2. The largest absolute Gasteiger partial charge is 0.350 e. The van der Waals surface area contributed by atoms with Crippen LogP contribution in [0.2, 0.25) is 0 Å². The molecule has 0 aromatic heterocycles. The van der Waals surface area contributed by atoms with Gasteiger partial charge in [-0.15, -0.1) is 0 Å². The minimum Gasteiger partial charge on any atom is -0.350 e. The third kappa shape index (κ3) is 3.62. The van der Waals surface area contributed by atoms with E-state index < -0.39 is 4.92 Å². The van der Waals surface area contributed by atoms with Gasteiger partial charge in [0.05, 0.1) is 4.92 Å². The molecule has 6 nitrogen and oxygen atoms in total. The summed E-state index contributed by atoms with van der Waals surface area (Å²) in [5.41, 5.74) is 6.25. The molecule has 0 unspecified atom stereocenters. The van der Waals surface area contributed by atoms with Crippen molar-refractivity contribution in [2.75, 3.05) is 0 Å². The molecule has 100 valence electrons. The molecule has 1 aliphatic carbocycles. The second-order valence-corrected chi connectivity index (χ2v) is 4.62. The van der Waals surface area contributed by atoms with Crippen LogP contribution in [0.4, 0.5) is 5.69 Å². The van der Waals surface area contributed by atoms with Crippen LogP contribution in [0.3, 0.4) is 0 Å². The SMILES string of the molecule is NC1CC(NC(=O)/C=C/c2cccc([N+](=O)[O-])c2)C1. The van der Waals surface area contributed by atoms with Gasteiger partial charge in [-0.25, -0.2) is 0 Å². The lowest BCUT2D eigenvalue weighted by atomic mass is 9.88. The molecule has 0 aliphatic heterocycles. The van der Waals surface area contributed by atoms with E-state index in [2.05, 4.69) is 5.32 Å². The summed E-state index contributed by atoms with van der Waals surface area (Å²) in [4.78, 5) is 21.7. The lowest BCUT2D eigenvalue weighted by Gasteiger charge is -2.32. The number of carbonyl (C=O) groups is 1. The number of nitro groups is 1. The topological polar surface area (TPSA) is 98.3 Å². The lowest BCUT2D eigenvalue weighted by molar-refractivity contribution is -0.384. The Hall–Kier alpha value is -2.21. The summed E-state index contributed by atoms with van der Waals surface area (Å²) < 4.78 is 0. The molecule has 19 heavy (non-hydrogen) atoms. The molecule has 1 fully saturated rings. The molecule has 2 rings (SSSR count). The maximum absolute atomic E-state index is 11.6. The Kier molecular flexibility index (Phi) is 3.91. The van der Waals surface area contributed by atoms with E-state index in [4.69, 9.17) is 5.73 Å². The summed E-state index contributed by atoms with van der Waals surface area (Å²) in [5, 5.41) is 13.4. The average molecular weight is 261 g/mol. The maximum atomic E-state index is 11.6. The smallest absolute Gasteiger partial charge is 0.270 e. The summed E-state index contributed by atoms with van der Waals surface area (Å²) in [6.45, 7) is 0. The molecule has 0 heterocycles. The zero-order valence-electron chi connectivity index (χ0n) is 10.3. The fourth-order valence-electron chi connectivity index (χ4n) is 1.94. The second-order valence-electron chi connectivity index (χ2n) is 4.62. The van der Waals surface area contributed by atoms with Crippen LogP contribution in [0.25, 0.3) is 6.08 Å². The first-order valence-corrected chi connectivity index (χ1v) is 6.03. The Morgan fingerprint density at radius 2 is 2.21 bits per heavy atom. The molecule has 1 aliphatic rings. The van der Waals surface area contributed by atoms with E-state index in [1.807, 2.05) is 0 Å². The van der Waals surface area contributed by atoms with Crippen LogP contribution in [0.5, 0.6) is 0 Å². The molecule has 0 radical (unpaired) electrons. The number of carbonyl (C=O) groups excluding carboxylic acids is 1. The molecule has 6 heteroatoms. The summed E-state index contributed by atoms with van der Waals surface area (Å²) in [7, 11) is 0. The molecule has 3 N–H and O–H groups in total. The second kappa shape index (κ2) is 5.62. The highest BCUT2D eigenvalue weighted by Gasteiger charge is 2.26. The predicted octanol–water partition coefficient (Wildman–Crippen LogP) is 1.21. The normalized spacial score (nSPS) is 21.9. The van der Waals surface area contributed by atoms with Crippen molar-refractivity contribution in [2.24, 2.45) is 5.73 Å². The lowest BCUT2D eigenvalue weighted by Crippen LogP contribution is -2.49. The van der Waals surface area contributed by atoms with Gasteiger partial charge in [-0.05, 0) is 24.5 Å². The number of nitro benzene ring substituents is 1. The van der Waals surface area contributed by atoms with Crippen LogP contribution in [0.15, 0.2) is 30.3 Å². The highest BCUT2D eigenvalue weighted by Crippen LogP contribution is 2.17. The van der Waals surface area contributed by atoms with Crippen LogP contribution < -0.4 is 11.1 Å². The Bertz CT molecular complexity index is 522. The van der Waals surface area contributed by atoms with Crippen molar-refractivity contribution in [2.45, 2.75) is 24.9 Å². The van der Waals surface area contributed by atoms with Gasteiger partial charge in [0, 0.05) is 30.3 Å². The Morgan fingerprint density at radius 1 is 1.47 bits per heavy atom. The van der Waals surface area contributed by atoms with Crippen LogP contribution in [-0.4, -0.2) is 22.9 Å². The van der Waals surface area contributed by atoms with Gasteiger partial charge in [0.15, 0.2) is 0 Å². The number of non-ortho nitro benzene ring substituents is 1. The quantitative estimate of drug-likeness (QED) is 0.483. The highest BCUT2D eigenvalue weighted by molar-refractivity contribution is 5.92. The van der Waals surface area contributed by atoms with Gasteiger partial charge in [0.25, 0.3) is 5.69 Å². The fraction of sp³-hybridized carbons (Fsp3) is 0.308. The van der Waals surface area contributed by atoms with Crippen LogP contribution in [-0.2, 0) is 4.79 Å². The van der Waals surface area contributed by atoms with E-state index in [1.165, 1.54) is 18.2 Å². The molecule has 1 amide bonds. The first-order valence-electron chi connectivity index (χ1n) is 6.03. The first-order chi connectivity index (χ1) is 9.04. The van der Waals surface area contributed by atoms with Gasteiger partial charge >= 0.3 is 0 Å². The zero-order chi connectivity index (χ0) is 13.8. The Balaban J connectivity index is 1.92. The average Bonchev–Trinajstić information content (AvgIpc) is 2.35. The number of rotatable bonds is 4. The van der Waals surface area contributed by atoms with E-state index >= 15 is 0 Å². The summed E-state index contributed by atoms with van der Waals surface area (Å²) in [6, 6.07) is 6.45. The Morgan fingerprint density at radius 3 is 2.84 bits per heavy atom. The van der Waals surface area contributed by atoms with Gasteiger partial charge in [-0.3, -0.25) is 14.9 Å². The number of hydrogen-bond acceptors (Lipinski definition) is 4. The number of amides is 1. The van der Waals surface area contributed by atoms with Crippen LogP contribution in [0, 0.1) is 10.1 Å². The number of nitrogens with zero attached hydrogens (tertiary/aromatic N) is 1. The molecule has 0 atom stereocenters. The molecule has 1 aromatic rings. The van der Waals surface area contributed by atoms with E-state index in [1.54, 1.807) is 18.2 Å². The van der Waals surface area contributed by atoms with Crippen molar-refractivity contribution < 1.29 is 9.72 Å². The summed E-state index contributed by atoms with van der Waals surface area (Å²) in [6.07, 6.45) is 4.54. The monoisotopic (exact) mass is 261 g/mol. The van der Waals surface area contributed by atoms with Crippen molar-refractivity contribution in [3.63, 3.8) is 0 Å². The number of hydrogen-bond donors (Lipinski definition) is 2. The molecule has 1 saturated carbocycles. The standard InChI is InChI=1S/C13H15N3O3/c14-10-7-11(8-10)15-13(17)5-4-9-2-1-3-12(6-9)16(18)19/h1-6,10-11H,7-8,14H2,(H,15,17)/b5-4+. The van der Waals surface area contributed by atoms with Crippen LogP contribution >= 0.6 is 0 Å². The fourth-order valence-corrected chi connectivity index (χ4v) is 1.94. The molecule has 0 bridgehead atoms. The van der Waals surface area contributed by atoms with Gasteiger partial charge in [-0.2, -0.15) is 0 Å². The van der Waals surface area contributed by atoms with Crippen molar-refractivity contribution in [1.29, 1.82) is 0 Å². The van der Waals surface area contributed by atoms with Crippen LogP contribution in [0.1, 0.15) is 18.4 Å². The molecular weight excluding hydrogens is 246 g/mol. The minimum atomic E-state index is -0.465. The molecule has 1 aromatic carbocycles. The van der Waals surface area contributed by atoms with E-state index in [-0.39, 0.29) is 23.7 Å². The third-order valence-corrected chi connectivity index (χ3v) is 3.03. The van der Waals surface area contributed by atoms with Gasteiger partial charge in [-0.1, -0.05) is 12.1 Å². The Labute approximate surface area is 110 Å². The number of nitrogens with two attached hydrogens (primary N) is 1. The predicted molar refractivity (Wildman–Crippen MR) is 71.3 cm³/mol. The van der Waals surface area contributed by atoms with Gasteiger partial charge in [0.2, 0.25) is 5.91 Å². The summed E-state index contributed by atoms with van der Waals surface area (Å²) >= 11 is 0. The molecule has 0 saturated heterocycles. The van der Waals surface area contributed by atoms with Gasteiger partial charge in [0.1, 0.15) is 0 Å². The van der Waals surface area contributed by atoms with Crippen molar-refractivity contribution in [3.05, 3.63) is 46.0 Å². The zero-order valence-corrected chi connectivity index (χ0v) is 10.3.